The lowest BCUT2D eigenvalue weighted by Gasteiger charge is -2.22. The van der Waals surface area contributed by atoms with E-state index in [4.69, 9.17) is 9.78 Å². The molecule has 1 aliphatic rings. The third-order valence-electron chi connectivity index (χ3n) is 4.31. The Morgan fingerprint density at radius 1 is 1.43 bits per heavy atom. The van der Waals surface area contributed by atoms with Crippen molar-refractivity contribution in [2.75, 3.05) is 0 Å². The second kappa shape index (κ2) is 7.92. The number of aromatic nitrogens is 2. The Kier molecular flexibility index (Phi) is 5.91. The third-order valence-corrected chi connectivity index (χ3v) is 4.31. The fourth-order valence-corrected chi connectivity index (χ4v) is 3.24. The van der Waals surface area contributed by atoms with Crippen molar-refractivity contribution in [3.8, 4) is 6.07 Å². The van der Waals surface area contributed by atoms with Crippen LogP contribution in [-0.4, -0.2) is 15.9 Å². The first-order valence-corrected chi connectivity index (χ1v) is 7.92. The van der Waals surface area contributed by atoms with E-state index in [1.54, 1.807) is 6.92 Å². The number of hydrogen-bond donors (Lipinski definition) is 0. The molecule has 0 bridgehead atoms. The molecule has 1 saturated carbocycles. The number of nitriles is 1. The van der Waals surface area contributed by atoms with Gasteiger partial charge in [0.15, 0.2) is 0 Å². The van der Waals surface area contributed by atoms with Crippen molar-refractivity contribution in [2.24, 2.45) is 5.92 Å². The minimum Gasteiger partial charge on any atom is -0.338 e. The summed E-state index contributed by atoms with van der Waals surface area (Å²) in [6, 6.07) is 1.86. The Morgan fingerprint density at radius 2 is 2.19 bits per heavy atom. The predicted octanol–water partition coefficient (Wildman–Crippen LogP) is 3.75. The molecule has 5 heteroatoms. The average molecular weight is 289 g/mol. The highest BCUT2D eigenvalue weighted by molar-refractivity contribution is 5.76. The van der Waals surface area contributed by atoms with Crippen molar-refractivity contribution in [2.45, 2.75) is 70.6 Å². The van der Waals surface area contributed by atoms with Gasteiger partial charge >= 0.3 is 0 Å². The van der Waals surface area contributed by atoms with Crippen LogP contribution in [0.4, 0.5) is 0 Å². The molecule has 0 spiro atoms. The molecule has 2 rings (SSSR count). The van der Waals surface area contributed by atoms with E-state index in [0.29, 0.717) is 12.3 Å². The van der Waals surface area contributed by atoms with E-state index < -0.39 is 0 Å². The Hall–Kier alpha value is -1.70. The van der Waals surface area contributed by atoms with E-state index in [0.717, 1.165) is 18.8 Å². The summed E-state index contributed by atoms with van der Waals surface area (Å²) in [6.45, 7) is 1.58. The van der Waals surface area contributed by atoms with Gasteiger partial charge in [0.05, 0.1) is 0 Å². The molecule has 114 valence electrons. The van der Waals surface area contributed by atoms with E-state index in [9.17, 15) is 4.79 Å². The molecule has 1 atom stereocenters. The average Bonchev–Trinajstić information content (AvgIpc) is 2.96. The lowest BCUT2D eigenvalue weighted by molar-refractivity contribution is -0.117. The maximum Gasteiger partial charge on any atom is 0.273 e. The maximum absolute atomic E-state index is 11.4. The molecule has 0 saturated heterocycles. The highest BCUT2D eigenvalue weighted by Crippen LogP contribution is 2.31. The van der Waals surface area contributed by atoms with Crippen LogP contribution in [0.3, 0.4) is 0 Å². The van der Waals surface area contributed by atoms with Crippen molar-refractivity contribution in [1.29, 1.82) is 5.26 Å². The summed E-state index contributed by atoms with van der Waals surface area (Å²) in [7, 11) is 0. The molecule has 0 unspecified atom stereocenters. The lowest BCUT2D eigenvalue weighted by Crippen LogP contribution is -2.09. The van der Waals surface area contributed by atoms with Crippen LogP contribution >= 0.6 is 0 Å². The van der Waals surface area contributed by atoms with Crippen molar-refractivity contribution < 1.29 is 9.32 Å². The molecular weight excluding hydrogens is 266 g/mol. The second-order valence-corrected chi connectivity index (χ2v) is 6.11. The molecule has 0 aromatic carbocycles. The summed E-state index contributed by atoms with van der Waals surface area (Å²) in [6.07, 6.45) is 10.4. The topological polar surface area (TPSA) is 79.8 Å². The number of carbonyl (C=O) groups is 1. The highest BCUT2D eigenvalue weighted by Gasteiger charge is 2.21. The molecule has 1 fully saturated rings. The minimum absolute atomic E-state index is 0.0410. The first-order valence-electron chi connectivity index (χ1n) is 7.92. The molecule has 1 aliphatic carbocycles. The number of Topliss-reactive ketones (excluding diaryl/α,β-unsaturated/α-hetero) is 1. The van der Waals surface area contributed by atoms with Crippen LogP contribution in [0.25, 0.3) is 0 Å². The fraction of sp³-hybridized carbons (Fsp3) is 0.750. The van der Waals surface area contributed by atoms with Gasteiger partial charge in [-0.3, -0.25) is 0 Å². The van der Waals surface area contributed by atoms with Crippen LogP contribution in [0.15, 0.2) is 4.52 Å². The molecular formula is C16H23N3O2. The van der Waals surface area contributed by atoms with Gasteiger partial charge in [0.2, 0.25) is 5.89 Å². The Balaban J connectivity index is 1.87. The summed E-state index contributed by atoms with van der Waals surface area (Å²) in [5, 5.41) is 12.4. The largest absolute Gasteiger partial charge is 0.338 e. The monoisotopic (exact) mass is 289 g/mol. The molecule has 5 nitrogen and oxygen atoms in total. The van der Waals surface area contributed by atoms with Crippen LogP contribution in [0, 0.1) is 17.2 Å². The zero-order chi connectivity index (χ0) is 15.1. The summed E-state index contributed by atoms with van der Waals surface area (Å²) >= 11 is 0. The molecule has 0 N–H and O–H groups in total. The van der Waals surface area contributed by atoms with Gasteiger partial charge < -0.3 is 9.32 Å². The molecule has 0 amide bonds. The quantitative estimate of drug-likeness (QED) is 0.763. The third kappa shape index (κ3) is 4.96. The smallest absolute Gasteiger partial charge is 0.273 e. The zero-order valence-electron chi connectivity index (χ0n) is 12.7. The number of carbonyl (C=O) groups excluding carboxylic acids is 1. The van der Waals surface area contributed by atoms with E-state index in [-0.39, 0.29) is 17.5 Å². The second-order valence-electron chi connectivity index (χ2n) is 6.11. The number of ketones is 1. The highest BCUT2D eigenvalue weighted by atomic mass is 16.5. The summed E-state index contributed by atoms with van der Waals surface area (Å²) in [5.74, 6) is 1.40. The Labute approximate surface area is 125 Å². The fourth-order valence-electron chi connectivity index (χ4n) is 3.24. The van der Waals surface area contributed by atoms with Crippen molar-refractivity contribution in [1.82, 2.24) is 10.1 Å². The van der Waals surface area contributed by atoms with Gasteiger partial charge in [-0.15, -0.1) is 0 Å². The Morgan fingerprint density at radius 3 is 2.81 bits per heavy atom. The number of nitrogens with zero attached hydrogens (tertiary/aromatic N) is 3. The molecule has 1 aromatic heterocycles. The Bertz CT molecular complexity index is 498. The van der Waals surface area contributed by atoms with Crippen LogP contribution in [0.2, 0.25) is 0 Å². The van der Waals surface area contributed by atoms with Gasteiger partial charge in [-0.25, -0.2) is 0 Å². The van der Waals surface area contributed by atoms with Crippen LogP contribution in [-0.2, 0) is 4.79 Å². The predicted molar refractivity (Wildman–Crippen MR) is 77.5 cm³/mol. The first-order chi connectivity index (χ1) is 10.2. The zero-order valence-corrected chi connectivity index (χ0v) is 12.7. The normalized spacial score (nSPS) is 17.3. The molecule has 1 aromatic rings. The van der Waals surface area contributed by atoms with E-state index in [1.807, 2.05) is 6.07 Å². The van der Waals surface area contributed by atoms with Gasteiger partial charge in [-0.05, 0) is 24.4 Å². The molecule has 1 heterocycles. The molecule has 0 aliphatic heterocycles. The summed E-state index contributed by atoms with van der Waals surface area (Å²) in [4.78, 5) is 15.5. The maximum atomic E-state index is 11.4. The van der Waals surface area contributed by atoms with Gasteiger partial charge in [0.25, 0.3) is 5.82 Å². The van der Waals surface area contributed by atoms with Gasteiger partial charge in [0, 0.05) is 12.3 Å². The minimum atomic E-state index is -0.0410. The number of rotatable bonds is 7. The van der Waals surface area contributed by atoms with E-state index in [2.05, 4.69) is 10.1 Å². The SMILES string of the molecule is CC(=O)C[C@@H](CCCC1CCCCC1)c1nc(C#N)no1. The number of hydrogen-bond acceptors (Lipinski definition) is 5. The van der Waals surface area contributed by atoms with E-state index >= 15 is 0 Å². The summed E-state index contributed by atoms with van der Waals surface area (Å²) in [5.41, 5.74) is 0. The van der Waals surface area contributed by atoms with Crippen LogP contribution < -0.4 is 0 Å². The lowest BCUT2D eigenvalue weighted by atomic mass is 9.84. The first kappa shape index (κ1) is 15.7. The van der Waals surface area contributed by atoms with Crippen molar-refractivity contribution >= 4 is 5.78 Å². The van der Waals surface area contributed by atoms with Gasteiger partial charge in [-0.2, -0.15) is 10.2 Å². The van der Waals surface area contributed by atoms with Crippen molar-refractivity contribution in [3.63, 3.8) is 0 Å². The van der Waals surface area contributed by atoms with Gasteiger partial charge in [-0.1, -0.05) is 44.9 Å². The molecule has 21 heavy (non-hydrogen) atoms. The standard InChI is InChI=1S/C16H23N3O2/c1-12(20)10-14(16-18-15(11-17)19-21-16)9-5-8-13-6-3-2-4-7-13/h13-14H,2-10H2,1H3/t14-/m1/s1. The molecule has 0 radical (unpaired) electrons. The van der Waals surface area contributed by atoms with Crippen LogP contribution in [0.1, 0.15) is 82.3 Å². The summed E-state index contributed by atoms with van der Waals surface area (Å²) < 4.78 is 5.13. The van der Waals surface area contributed by atoms with Gasteiger partial charge in [0.1, 0.15) is 11.9 Å². The van der Waals surface area contributed by atoms with Crippen LogP contribution in [0.5, 0.6) is 0 Å². The van der Waals surface area contributed by atoms with Crippen molar-refractivity contribution in [3.05, 3.63) is 11.7 Å². The van der Waals surface area contributed by atoms with E-state index in [1.165, 1.54) is 38.5 Å².